The first-order chi connectivity index (χ1) is 5.70. The first kappa shape index (κ1) is 11.5. The van der Waals surface area contributed by atoms with Crippen LogP contribution >= 0.6 is 0 Å². The Morgan fingerprint density at radius 1 is 1.15 bits per heavy atom. The zero-order valence-electron chi connectivity index (χ0n) is 7.92. The Hall–Kier alpha value is -1.46. The van der Waals surface area contributed by atoms with Gasteiger partial charge in [0.25, 0.3) is 11.8 Å². The lowest BCUT2D eigenvalue weighted by molar-refractivity contribution is -0.138. The second-order valence-electron chi connectivity index (χ2n) is 3.80. The molecule has 13 heavy (non-hydrogen) atoms. The van der Waals surface area contributed by atoms with Gasteiger partial charge in [-0.2, -0.15) is 5.11 Å². The number of nitrogens with two attached hydrogens (primary N) is 2. The quantitative estimate of drug-likeness (QED) is 0.416. The van der Waals surface area contributed by atoms with Gasteiger partial charge in [-0.25, -0.2) is 5.53 Å². The third-order valence-electron chi connectivity index (χ3n) is 1.97. The van der Waals surface area contributed by atoms with E-state index in [1.807, 2.05) is 0 Å². The van der Waals surface area contributed by atoms with Gasteiger partial charge in [0, 0.05) is 5.41 Å². The molecule has 0 spiro atoms. The molecule has 74 valence electrons. The Morgan fingerprint density at radius 2 is 1.46 bits per heavy atom. The van der Waals surface area contributed by atoms with Crippen LogP contribution in [0.2, 0.25) is 0 Å². The summed E-state index contributed by atoms with van der Waals surface area (Å²) in [6.07, 6.45) is 0. The van der Waals surface area contributed by atoms with Crippen molar-refractivity contribution in [1.29, 1.82) is 5.53 Å². The SMILES string of the molecule is CC(C)(C)C(N=N)(C(N)=O)C(N)=O. The molecule has 0 aromatic carbocycles. The average Bonchev–Trinajstić information content (AvgIpc) is 1.83. The fourth-order valence-corrected chi connectivity index (χ4v) is 1.14. The highest BCUT2D eigenvalue weighted by molar-refractivity contribution is 6.09. The maximum atomic E-state index is 11.0. The van der Waals surface area contributed by atoms with E-state index in [1.165, 1.54) is 0 Å². The molecule has 0 saturated carbocycles. The van der Waals surface area contributed by atoms with Gasteiger partial charge in [0.05, 0.1) is 0 Å². The number of rotatable bonds is 3. The Kier molecular flexibility index (Phi) is 2.77. The fraction of sp³-hybridized carbons (Fsp3) is 0.714. The summed E-state index contributed by atoms with van der Waals surface area (Å²) in [5, 5.41) is 2.99. The van der Waals surface area contributed by atoms with E-state index in [2.05, 4.69) is 5.11 Å². The van der Waals surface area contributed by atoms with Crippen molar-refractivity contribution in [2.75, 3.05) is 0 Å². The van der Waals surface area contributed by atoms with E-state index in [0.29, 0.717) is 0 Å². The number of amides is 2. The lowest BCUT2D eigenvalue weighted by atomic mass is 9.73. The Labute approximate surface area is 76.2 Å². The van der Waals surface area contributed by atoms with E-state index in [4.69, 9.17) is 17.0 Å². The molecule has 6 nitrogen and oxygen atoms in total. The maximum absolute atomic E-state index is 11.0. The van der Waals surface area contributed by atoms with E-state index < -0.39 is 22.8 Å². The topological polar surface area (TPSA) is 122 Å². The number of carbonyl (C=O) groups excluding carboxylic acids is 2. The van der Waals surface area contributed by atoms with Crippen molar-refractivity contribution in [2.45, 2.75) is 26.3 Å². The molecule has 0 unspecified atom stereocenters. The summed E-state index contributed by atoms with van der Waals surface area (Å²) in [6.45, 7) is 4.71. The predicted molar refractivity (Wildman–Crippen MR) is 45.7 cm³/mol. The molecule has 0 radical (unpaired) electrons. The van der Waals surface area contributed by atoms with Gasteiger partial charge in [0.2, 0.25) is 5.54 Å². The van der Waals surface area contributed by atoms with Crippen molar-refractivity contribution in [3.8, 4) is 0 Å². The molecule has 0 bridgehead atoms. The summed E-state index contributed by atoms with van der Waals surface area (Å²) in [5.74, 6) is -2.00. The molecule has 6 heteroatoms. The average molecular weight is 186 g/mol. The van der Waals surface area contributed by atoms with Gasteiger partial charge in [0.15, 0.2) is 0 Å². The van der Waals surface area contributed by atoms with Gasteiger partial charge in [-0.15, -0.1) is 0 Å². The van der Waals surface area contributed by atoms with Crippen molar-refractivity contribution in [1.82, 2.24) is 0 Å². The molecular weight excluding hydrogens is 172 g/mol. The third kappa shape index (κ3) is 1.51. The van der Waals surface area contributed by atoms with Crippen LogP contribution in [0, 0.1) is 10.9 Å². The number of carbonyl (C=O) groups is 2. The van der Waals surface area contributed by atoms with E-state index in [1.54, 1.807) is 20.8 Å². The molecule has 0 fully saturated rings. The van der Waals surface area contributed by atoms with Gasteiger partial charge >= 0.3 is 0 Å². The molecule has 0 rings (SSSR count). The van der Waals surface area contributed by atoms with Crippen LogP contribution in [-0.2, 0) is 9.59 Å². The van der Waals surface area contributed by atoms with E-state index >= 15 is 0 Å². The molecule has 0 saturated heterocycles. The van der Waals surface area contributed by atoms with Gasteiger partial charge in [-0.3, -0.25) is 9.59 Å². The van der Waals surface area contributed by atoms with Crippen LogP contribution in [0.1, 0.15) is 20.8 Å². The number of hydrogen-bond acceptors (Lipinski definition) is 4. The van der Waals surface area contributed by atoms with Crippen LogP contribution in [0.3, 0.4) is 0 Å². The van der Waals surface area contributed by atoms with Crippen LogP contribution in [0.25, 0.3) is 0 Å². The van der Waals surface area contributed by atoms with E-state index in [9.17, 15) is 9.59 Å². The van der Waals surface area contributed by atoms with Crippen molar-refractivity contribution < 1.29 is 9.59 Å². The summed E-state index contributed by atoms with van der Waals surface area (Å²) < 4.78 is 0. The van der Waals surface area contributed by atoms with Crippen molar-refractivity contribution in [2.24, 2.45) is 22.0 Å². The van der Waals surface area contributed by atoms with Crippen molar-refractivity contribution >= 4 is 11.8 Å². The highest BCUT2D eigenvalue weighted by Crippen LogP contribution is 2.33. The Bertz CT molecular complexity index is 240. The molecular formula is C7H14N4O2. The zero-order valence-corrected chi connectivity index (χ0v) is 7.92. The van der Waals surface area contributed by atoms with Crippen molar-refractivity contribution in [3.05, 3.63) is 0 Å². The summed E-state index contributed by atoms with van der Waals surface area (Å²) in [7, 11) is 0. The molecule has 0 aliphatic heterocycles. The summed E-state index contributed by atoms with van der Waals surface area (Å²) in [5.41, 5.74) is 14.0. The summed E-state index contributed by atoms with van der Waals surface area (Å²) in [4.78, 5) is 22.1. The molecule has 2 amide bonds. The monoisotopic (exact) mass is 186 g/mol. The minimum atomic E-state index is -1.95. The van der Waals surface area contributed by atoms with Crippen LogP contribution in [0.15, 0.2) is 5.11 Å². The maximum Gasteiger partial charge on any atom is 0.257 e. The second-order valence-corrected chi connectivity index (χ2v) is 3.80. The molecule has 0 aliphatic rings. The Morgan fingerprint density at radius 3 is 1.46 bits per heavy atom. The molecule has 0 aromatic heterocycles. The lowest BCUT2D eigenvalue weighted by Gasteiger charge is -2.33. The second kappa shape index (κ2) is 3.12. The number of primary amides is 2. The molecule has 0 heterocycles. The minimum absolute atomic E-state index is 0.896. The summed E-state index contributed by atoms with van der Waals surface area (Å²) >= 11 is 0. The highest BCUT2D eigenvalue weighted by atomic mass is 16.2. The Balaban J connectivity index is 5.52. The first-order valence-electron chi connectivity index (χ1n) is 3.68. The molecule has 0 aromatic rings. The molecule has 5 N–H and O–H groups in total. The molecule has 0 atom stereocenters. The normalized spacial score (nSPS) is 12.2. The smallest absolute Gasteiger partial charge is 0.257 e. The third-order valence-corrected chi connectivity index (χ3v) is 1.97. The first-order valence-corrected chi connectivity index (χ1v) is 3.68. The standard InChI is InChI=1S/C7H14N4O2/c1-6(2,3)7(11-10,4(8)12)5(9)13/h10H,1-3H3,(H2,8,12)(H2,9,13). The largest absolute Gasteiger partial charge is 0.367 e. The highest BCUT2D eigenvalue weighted by Gasteiger charge is 2.53. The number of nitrogens with zero attached hydrogens (tertiary/aromatic N) is 1. The fourth-order valence-electron chi connectivity index (χ4n) is 1.14. The molecule has 0 aliphatic carbocycles. The van der Waals surface area contributed by atoms with Crippen LogP contribution in [-0.4, -0.2) is 17.4 Å². The number of hydrogen-bond donors (Lipinski definition) is 3. The van der Waals surface area contributed by atoms with Crippen molar-refractivity contribution in [3.63, 3.8) is 0 Å². The van der Waals surface area contributed by atoms with Crippen LogP contribution < -0.4 is 11.5 Å². The van der Waals surface area contributed by atoms with E-state index in [0.717, 1.165) is 0 Å². The van der Waals surface area contributed by atoms with Gasteiger partial charge in [-0.1, -0.05) is 20.8 Å². The van der Waals surface area contributed by atoms with E-state index in [-0.39, 0.29) is 0 Å². The van der Waals surface area contributed by atoms with Gasteiger partial charge < -0.3 is 11.5 Å². The minimum Gasteiger partial charge on any atom is -0.367 e. The summed E-state index contributed by atoms with van der Waals surface area (Å²) in [6, 6.07) is 0. The van der Waals surface area contributed by atoms with Crippen LogP contribution in [0.5, 0.6) is 0 Å². The zero-order chi connectivity index (χ0) is 10.9. The predicted octanol–water partition coefficient (Wildman–Crippen LogP) is -0.227. The van der Waals surface area contributed by atoms with Gasteiger partial charge in [-0.05, 0) is 0 Å². The van der Waals surface area contributed by atoms with Crippen LogP contribution in [0.4, 0.5) is 0 Å². The van der Waals surface area contributed by atoms with Gasteiger partial charge in [0.1, 0.15) is 0 Å². The number of nitrogens with one attached hydrogen (secondary N) is 1. The lowest BCUT2D eigenvalue weighted by Crippen LogP contribution is -2.60.